The van der Waals surface area contributed by atoms with Crippen molar-refractivity contribution in [2.45, 2.75) is 6.92 Å². The van der Waals surface area contributed by atoms with Crippen LogP contribution in [0, 0.1) is 0 Å². The lowest BCUT2D eigenvalue weighted by atomic mass is 10.0. The van der Waals surface area contributed by atoms with Crippen molar-refractivity contribution in [1.82, 2.24) is 19.5 Å². The maximum absolute atomic E-state index is 5.28. The summed E-state index contributed by atoms with van der Waals surface area (Å²) in [6.45, 7) is 5.68. The zero-order valence-electron chi connectivity index (χ0n) is 24.6. The predicted octanol–water partition coefficient (Wildman–Crippen LogP) is 10.3. The van der Waals surface area contributed by atoms with E-state index in [0.29, 0.717) is 5.82 Å². The van der Waals surface area contributed by atoms with Crippen LogP contribution in [-0.2, 0) is 0 Å². The van der Waals surface area contributed by atoms with Crippen molar-refractivity contribution in [3.63, 3.8) is 0 Å². The van der Waals surface area contributed by atoms with Gasteiger partial charge in [0.2, 0.25) is 0 Å². The zero-order chi connectivity index (χ0) is 30.3. The molecule has 4 aromatic carbocycles. The normalized spacial score (nSPS) is 12.2. The number of aliphatic imine (C=N–C) groups is 1. The Morgan fingerprint density at radius 2 is 1.58 bits per heavy atom. The van der Waals surface area contributed by atoms with Crippen LogP contribution in [0.1, 0.15) is 12.5 Å². The molecule has 0 spiro atoms. The molecular formula is C39H27N5S. The van der Waals surface area contributed by atoms with Gasteiger partial charge in [0.05, 0.1) is 21.4 Å². The number of allylic oxidation sites excluding steroid dienone is 3. The lowest BCUT2D eigenvalue weighted by Crippen LogP contribution is -2.00. The molecule has 4 heterocycles. The van der Waals surface area contributed by atoms with E-state index in [4.69, 9.17) is 15.0 Å². The minimum absolute atomic E-state index is 0.679. The molecule has 0 amide bonds. The van der Waals surface area contributed by atoms with E-state index in [1.165, 1.54) is 4.70 Å². The van der Waals surface area contributed by atoms with Gasteiger partial charge in [0.1, 0.15) is 5.65 Å². The molecule has 0 aliphatic carbocycles. The fourth-order valence-electron chi connectivity index (χ4n) is 6.01. The predicted molar refractivity (Wildman–Crippen MR) is 190 cm³/mol. The quantitative estimate of drug-likeness (QED) is 0.142. The molecule has 8 rings (SSSR count). The smallest absolute Gasteiger partial charge is 0.160 e. The maximum Gasteiger partial charge on any atom is 0.160 e. The van der Waals surface area contributed by atoms with Crippen molar-refractivity contribution in [2.75, 3.05) is 0 Å². The van der Waals surface area contributed by atoms with Crippen LogP contribution in [0.3, 0.4) is 0 Å². The maximum atomic E-state index is 5.28. The second-order valence-electron chi connectivity index (χ2n) is 10.9. The third kappa shape index (κ3) is 4.63. The highest BCUT2D eigenvalue weighted by Gasteiger charge is 2.19. The van der Waals surface area contributed by atoms with Gasteiger partial charge in [0.15, 0.2) is 5.82 Å². The molecule has 0 radical (unpaired) electrons. The number of nitrogens with zero attached hydrogens (tertiary/aromatic N) is 5. The van der Waals surface area contributed by atoms with Gasteiger partial charge in [-0.25, -0.2) is 15.0 Å². The van der Waals surface area contributed by atoms with Crippen LogP contribution in [0.4, 0.5) is 0 Å². The summed E-state index contributed by atoms with van der Waals surface area (Å²) in [5, 5.41) is 3.41. The van der Waals surface area contributed by atoms with Crippen LogP contribution in [0.2, 0.25) is 0 Å². The molecule has 5 nitrogen and oxygen atoms in total. The van der Waals surface area contributed by atoms with Crippen LogP contribution in [0.15, 0.2) is 139 Å². The van der Waals surface area contributed by atoms with Gasteiger partial charge in [-0.05, 0) is 73.3 Å². The van der Waals surface area contributed by atoms with Crippen molar-refractivity contribution >= 4 is 65.9 Å². The van der Waals surface area contributed by atoms with Gasteiger partial charge in [0.25, 0.3) is 0 Å². The number of benzene rings is 4. The molecule has 214 valence electrons. The summed E-state index contributed by atoms with van der Waals surface area (Å²) < 4.78 is 4.53. The lowest BCUT2D eigenvalue weighted by molar-refractivity contribution is 1.13. The first-order chi connectivity index (χ1) is 22.2. The molecule has 4 aromatic heterocycles. The summed E-state index contributed by atoms with van der Waals surface area (Å²) in [6, 6.07) is 38.0. The van der Waals surface area contributed by atoms with Gasteiger partial charge in [-0.2, -0.15) is 0 Å². The number of aromatic nitrogens is 4. The van der Waals surface area contributed by atoms with E-state index in [1.54, 1.807) is 17.5 Å². The van der Waals surface area contributed by atoms with Gasteiger partial charge >= 0.3 is 0 Å². The van der Waals surface area contributed by atoms with Crippen molar-refractivity contribution in [1.29, 1.82) is 0 Å². The molecule has 0 aliphatic rings. The van der Waals surface area contributed by atoms with E-state index in [2.05, 4.69) is 120 Å². The van der Waals surface area contributed by atoms with Crippen molar-refractivity contribution in [3.05, 3.63) is 139 Å². The number of rotatable bonds is 6. The third-order valence-electron chi connectivity index (χ3n) is 8.13. The number of pyridine rings is 1. The van der Waals surface area contributed by atoms with Crippen molar-refractivity contribution in [3.8, 4) is 28.3 Å². The highest BCUT2D eigenvalue weighted by Crippen LogP contribution is 2.40. The Hall–Kier alpha value is -5.72. The summed E-state index contributed by atoms with van der Waals surface area (Å²) >= 11 is 1.74. The topological polar surface area (TPSA) is 56.0 Å². The Labute approximate surface area is 264 Å². The minimum atomic E-state index is 0.679. The van der Waals surface area contributed by atoms with Crippen LogP contribution >= 0.6 is 11.3 Å². The average molecular weight is 598 g/mol. The van der Waals surface area contributed by atoms with Crippen molar-refractivity contribution in [2.24, 2.45) is 4.99 Å². The molecule has 0 unspecified atom stereocenters. The molecule has 6 heteroatoms. The second-order valence-corrected chi connectivity index (χ2v) is 12.0. The van der Waals surface area contributed by atoms with Gasteiger partial charge in [-0.1, -0.05) is 72.8 Å². The van der Waals surface area contributed by atoms with Crippen LogP contribution in [0.5, 0.6) is 0 Å². The molecule has 0 fully saturated rings. The Kier molecular flexibility index (Phi) is 6.62. The first-order valence-electron chi connectivity index (χ1n) is 14.7. The van der Waals surface area contributed by atoms with Gasteiger partial charge in [0, 0.05) is 50.1 Å². The highest BCUT2D eigenvalue weighted by molar-refractivity contribution is 7.26. The summed E-state index contributed by atoms with van der Waals surface area (Å²) in [5.41, 5.74) is 9.03. The number of para-hydroxylation sites is 1. The number of fused-ring (bicyclic) bond motifs is 6. The standard InChI is InChI=1S/C39H27N5S/c1-25(12-10-20-40-2)27-22-28(24-29(23-27)44-33-18-8-6-15-30(33)31-17-11-21-41-39(31)44)38-42-35(26-13-4-3-5-14-26)37-36(43-38)32-16-7-9-19-34(32)45-37/h3-24H,2H2,1H3/b20-10-,25-12+. The summed E-state index contributed by atoms with van der Waals surface area (Å²) in [4.78, 5) is 19.3. The zero-order valence-corrected chi connectivity index (χ0v) is 25.4. The molecule has 0 bridgehead atoms. The summed E-state index contributed by atoms with van der Waals surface area (Å²) in [7, 11) is 0. The van der Waals surface area contributed by atoms with E-state index >= 15 is 0 Å². The number of thiophene rings is 1. The molecule has 45 heavy (non-hydrogen) atoms. The summed E-state index contributed by atoms with van der Waals surface area (Å²) in [6.07, 6.45) is 7.50. The van der Waals surface area contributed by atoms with E-state index in [0.717, 1.165) is 71.2 Å². The molecule has 8 aromatic rings. The average Bonchev–Trinajstić information content (AvgIpc) is 3.64. The highest BCUT2D eigenvalue weighted by atomic mass is 32.1. The van der Waals surface area contributed by atoms with E-state index in [9.17, 15) is 0 Å². The first-order valence-corrected chi connectivity index (χ1v) is 15.6. The molecule has 0 saturated heterocycles. The fraction of sp³-hybridized carbons (Fsp3) is 0.0256. The fourth-order valence-corrected chi connectivity index (χ4v) is 7.16. The lowest BCUT2D eigenvalue weighted by Gasteiger charge is -2.14. The van der Waals surface area contributed by atoms with E-state index < -0.39 is 0 Å². The van der Waals surface area contributed by atoms with Gasteiger partial charge in [-0.15, -0.1) is 11.3 Å². The monoisotopic (exact) mass is 597 g/mol. The minimum Gasteiger partial charge on any atom is -0.294 e. The van der Waals surface area contributed by atoms with Gasteiger partial charge < -0.3 is 0 Å². The van der Waals surface area contributed by atoms with Crippen LogP contribution < -0.4 is 0 Å². The number of hydrogen-bond acceptors (Lipinski definition) is 5. The summed E-state index contributed by atoms with van der Waals surface area (Å²) in [5.74, 6) is 0.679. The Bertz CT molecular complexity index is 2410. The molecule has 0 N–H and O–H groups in total. The Morgan fingerprint density at radius 3 is 2.44 bits per heavy atom. The van der Waals surface area contributed by atoms with Crippen LogP contribution in [-0.4, -0.2) is 26.2 Å². The van der Waals surface area contributed by atoms with Gasteiger partial charge in [-0.3, -0.25) is 9.56 Å². The van der Waals surface area contributed by atoms with Crippen LogP contribution in [0.25, 0.3) is 76.1 Å². The Morgan fingerprint density at radius 1 is 0.800 bits per heavy atom. The largest absolute Gasteiger partial charge is 0.294 e. The molecule has 0 atom stereocenters. The van der Waals surface area contributed by atoms with Crippen molar-refractivity contribution < 1.29 is 0 Å². The molecular weight excluding hydrogens is 571 g/mol. The second kappa shape index (κ2) is 11.1. The molecule has 0 aliphatic heterocycles. The molecule has 0 saturated carbocycles. The number of hydrogen-bond donors (Lipinski definition) is 0. The van der Waals surface area contributed by atoms with E-state index in [-0.39, 0.29) is 0 Å². The Balaban J connectivity index is 1.44. The third-order valence-corrected chi connectivity index (χ3v) is 9.29. The van der Waals surface area contributed by atoms with E-state index in [1.807, 2.05) is 30.5 Å². The first kappa shape index (κ1) is 26.9. The SMILES string of the molecule is C=N/C=C\C=C(/C)c1cc(-c2nc(-c3ccccc3)c3sc4ccccc4c3n2)cc(-n2c3ccccc3c3cccnc32)c1.